The first kappa shape index (κ1) is 19.9. The van der Waals surface area contributed by atoms with E-state index in [4.69, 9.17) is 4.74 Å². The fourth-order valence-corrected chi connectivity index (χ4v) is 5.09. The molecule has 2 aromatic rings. The van der Waals surface area contributed by atoms with Gasteiger partial charge in [0.2, 0.25) is 11.8 Å². The van der Waals surface area contributed by atoms with Crippen LogP contribution in [0.1, 0.15) is 50.5 Å². The van der Waals surface area contributed by atoms with Crippen LogP contribution in [0.3, 0.4) is 0 Å². The third-order valence-corrected chi connectivity index (χ3v) is 6.60. The van der Waals surface area contributed by atoms with Crippen LogP contribution in [0.4, 0.5) is 5.13 Å². The topological polar surface area (TPSA) is 80.3 Å². The maximum atomic E-state index is 12.9. The van der Waals surface area contributed by atoms with Crippen molar-refractivity contribution in [2.45, 2.75) is 57.4 Å². The van der Waals surface area contributed by atoms with E-state index in [1.165, 1.54) is 17.8 Å². The van der Waals surface area contributed by atoms with Crippen molar-refractivity contribution in [2.24, 2.45) is 5.41 Å². The van der Waals surface area contributed by atoms with Crippen LogP contribution in [0.2, 0.25) is 0 Å². The van der Waals surface area contributed by atoms with Crippen LogP contribution in [0.5, 0.6) is 5.75 Å². The van der Waals surface area contributed by atoms with E-state index in [2.05, 4.69) is 15.6 Å². The van der Waals surface area contributed by atoms with Crippen LogP contribution in [0.25, 0.3) is 0 Å². The number of carbonyl (C=O) groups excluding carboxylic acids is 2. The Kier molecular flexibility index (Phi) is 6.13. The van der Waals surface area contributed by atoms with E-state index < -0.39 is 0 Å². The van der Waals surface area contributed by atoms with Crippen LogP contribution >= 0.6 is 11.3 Å². The second kappa shape index (κ2) is 8.95. The minimum atomic E-state index is -0.267. The van der Waals surface area contributed by atoms with Gasteiger partial charge < -0.3 is 15.4 Å². The Bertz CT molecular complexity index is 847. The van der Waals surface area contributed by atoms with Gasteiger partial charge in [-0.05, 0) is 36.3 Å². The lowest BCUT2D eigenvalue weighted by molar-refractivity contribution is -0.126. The monoisotopic (exact) mass is 413 g/mol. The SMILES string of the molecule is O=C(CC1(CC(=O)NC2COc3ccccc3C2)CCCCC1)Nc1nccs1. The molecular formula is C22H27N3O3S. The lowest BCUT2D eigenvalue weighted by Gasteiger charge is -2.37. The molecular weight excluding hydrogens is 386 g/mol. The average molecular weight is 414 g/mol. The first-order valence-electron chi connectivity index (χ1n) is 10.3. The maximum Gasteiger partial charge on any atom is 0.226 e. The van der Waals surface area contributed by atoms with Crippen molar-refractivity contribution in [3.8, 4) is 5.75 Å². The number of anilines is 1. The van der Waals surface area contributed by atoms with Gasteiger partial charge >= 0.3 is 0 Å². The van der Waals surface area contributed by atoms with Gasteiger partial charge in [-0.25, -0.2) is 4.98 Å². The zero-order valence-corrected chi connectivity index (χ0v) is 17.3. The van der Waals surface area contributed by atoms with E-state index in [1.54, 1.807) is 6.20 Å². The molecule has 2 N–H and O–H groups in total. The van der Waals surface area contributed by atoms with Gasteiger partial charge in [-0.2, -0.15) is 0 Å². The summed E-state index contributed by atoms with van der Waals surface area (Å²) < 4.78 is 5.79. The molecule has 2 heterocycles. The van der Waals surface area contributed by atoms with Crippen molar-refractivity contribution in [3.05, 3.63) is 41.4 Å². The van der Waals surface area contributed by atoms with Crippen LogP contribution < -0.4 is 15.4 Å². The summed E-state index contributed by atoms with van der Waals surface area (Å²) in [5.74, 6) is 0.868. The number of benzene rings is 1. The molecule has 6 nitrogen and oxygen atoms in total. The van der Waals surface area contributed by atoms with Crippen molar-refractivity contribution in [1.29, 1.82) is 0 Å². The highest BCUT2D eigenvalue weighted by Gasteiger charge is 2.37. The maximum absolute atomic E-state index is 12.9. The Labute approximate surface area is 175 Å². The molecule has 0 radical (unpaired) electrons. The van der Waals surface area contributed by atoms with E-state index in [1.807, 2.05) is 29.6 Å². The second-order valence-electron chi connectivity index (χ2n) is 8.19. The summed E-state index contributed by atoms with van der Waals surface area (Å²) in [7, 11) is 0. The number of rotatable bonds is 6. The summed E-state index contributed by atoms with van der Waals surface area (Å²) in [6, 6.07) is 7.93. The minimum absolute atomic E-state index is 0.0157. The van der Waals surface area contributed by atoms with Crippen molar-refractivity contribution in [3.63, 3.8) is 0 Å². The van der Waals surface area contributed by atoms with Crippen molar-refractivity contribution in [1.82, 2.24) is 10.3 Å². The van der Waals surface area contributed by atoms with Crippen molar-refractivity contribution in [2.75, 3.05) is 11.9 Å². The molecule has 1 aromatic heterocycles. The van der Waals surface area contributed by atoms with Gasteiger partial charge in [-0.15, -0.1) is 11.3 Å². The Hall–Kier alpha value is -2.41. The molecule has 7 heteroatoms. The summed E-state index contributed by atoms with van der Waals surface area (Å²) in [5, 5.41) is 8.47. The van der Waals surface area contributed by atoms with Gasteiger partial charge in [0.05, 0.1) is 6.04 Å². The quantitative estimate of drug-likeness (QED) is 0.752. The summed E-state index contributed by atoms with van der Waals surface area (Å²) in [5.41, 5.74) is 0.858. The van der Waals surface area contributed by atoms with Crippen molar-refractivity contribution >= 4 is 28.3 Å². The van der Waals surface area contributed by atoms with E-state index in [-0.39, 0.29) is 23.3 Å². The molecule has 154 valence electrons. The molecule has 0 saturated heterocycles. The Morgan fingerprint density at radius 1 is 1.14 bits per heavy atom. The molecule has 1 atom stereocenters. The van der Waals surface area contributed by atoms with Crippen LogP contribution in [-0.4, -0.2) is 29.4 Å². The van der Waals surface area contributed by atoms with Crippen LogP contribution in [0.15, 0.2) is 35.8 Å². The fraction of sp³-hybridized carbons (Fsp3) is 0.500. The zero-order chi connectivity index (χ0) is 20.1. The number of hydrogen-bond donors (Lipinski definition) is 2. The highest BCUT2D eigenvalue weighted by atomic mass is 32.1. The molecule has 1 saturated carbocycles. The number of nitrogens with zero attached hydrogens (tertiary/aromatic N) is 1. The number of hydrogen-bond acceptors (Lipinski definition) is 5. The van der Waals surface area contributed by atoms with Crippen molar-refractivity contribution < 1.29 is 14.3 Å². The number of carbonyl (C=O) groups is 2. The molecule has 1 aromatic carbocycles. The molecule has 1 aliphatic carbocycles. The third kappa shape index (κ3) is 5.15. The number of para-hydroxylation sites is 1. The molecule has 0 bridgehead atoms. The van der Waals surface area contributed by atoms with Gasteiger partial charge in [-0.1, -0.05) is 37.5 Å². The minimum Gasteiger partial charge on any atom is -0.491 e. The molecule has 2 aliphatic rings. The third-order valence-electron chi connectivity index (χ3n) is 5.91. The van der Waals surface area contributed by atoms with E-state index >= 15 is 0 Å². The number of fused-ring (bicyclic) bond motifs is 1. The summed E-state index contributed by atoms with van der Waals surface area (Å²) in [6.45, 7) is 0.486. The molecule has 4 rings (SSSR count). The molecule has 1 aliphatic heterocycles. The van der Waals surface area contributed by atoms with E-state index in [9.17, 15) is 9.59 Å². The number of aromatic nitrogens is 1. The van der Waals surface area contributed by atoms with Crippen LogP contribution in [0, 0.1) is 5.41 Å². The van der Waals surface area contributed by atoms with Gasteiger partial charge in [0.15, 0.2) is 5.13 Å². The summed E-state index contributed by atoms with van der Waals surface area (Å²) >= 11 is 1.41. The molecule has 1 fully saturated rings. The summed E-state index contributed by atoms with van der Waals surface area (Å²) in [4.78, 5) is 29.6. The first-order valence-corrected chi connectivity index (χ1v) is 11.2. The van der Waals surface area contributed by atoms with Crippen LogP contribution in [-0.2, 0) is 16.0 Å². The normalized spacial score (nSPS) is 20.2. The predicted octanol–water partition coefficient (Wildman–Crippen LogP) is 3.93. The lowest BCUT2D eigenvalue weighted by Crippen LogP contribution is -2.45. The number of ether oxygens (including phenoxy) is 1. The summed E-state index contributed by atoms with van der Waals surface area (Å²) in [6.07, 6.45) is 8.33. The van der Waals surface area contributed by atoms with E-state index in [0.717, 1.165) is 43.4 Å². The standard InChI is InChI=1S/C22H27N3O3S/c26-19(24-17-12-16-6-2-3-7-18(16)28-15-17)13-22(8-4-1-5-9-22)14-20(27)25-21-23-10-11-29-21/h2-3,6-7,10-11,17H,1,4-5,8-9,12-15H2,(H,24,26)(H,23,25,27). The first-order chi connectivity index (χ1) is 14.1. The second-order valence-corrected chi connectivity index (χ2v) is 9.08. The highest BCUT2D eigenvalue weighted by molar-refractivity contribution is 7.13. The fourth-order valence-electron chi connectivity index (χ4n) is 4.55. The molecule has 29 heavy (non-hydrogen) atoms. The largest absolute Gasteiger partial charge is 0.491 e. The van der Waals surface area contributed by atoms with Gasteiger partial charge in [0, 0.05) is 24.4 Å². The lowest BCUT2D eigenvalue weighted by atomic mass is 9.69. The zero-order valence-electron chi connectivity index (χ0n) is 16.5. The predicted molar refractivity (Wildman–Crippen MR) is 113 cm³/mol. The van der Waals surface area contributed by atoms with Gasteiger partial charge in [-0.3, -0.25) is 9.59 Å². The van der Waals surface area contributed by atoms with Gasteiger partial charge in [0.1, 0.15) is 12.4 Å². The smallest absolute Gasteiger partial charge is 0.226 e. The molecule has 2 amide bonds. The number of nitrogens with one attached hydrogen (secondary N) is 2. The Balaban J connectivity index is 1.36. The Morgan fingerprint density at radius 3 is 2.72 bits per heavy atom. The Morgan fingerprint density at radius 2 is 1.93 bits per heavy atom. The molecule has 0 spiro atoms. The number of thiazole rings is 1. The number of amides is 2. The highest BCUT2D eigenvalue weighted by Crippen LogP contribution is 2.42. The average Bonchev–Trinajstić information content (AvgIpc) is 3.21. The van der Waals surface area contributed by atoms with Gasteiger partial charge in [0.25, 0.3) is 0 Å². The van der Waals surface area contributed by atoms with E-state index in [0.29, 0.717) is 24.6 Å². The molecule has 1 unspecified atom stereocenters.